The van der Waals surface area contributed by atoms with Gasteiger partial charge in [0.15, 0.2) is 5.69 Å². The molecule has 0 aliphatic carbocycles. The molecule has 7 nitrogen and oxygen atoms in total. The largest absolute Gasteiger partial charge is 0.435 e. The maximum absolute atomic E-state index is 12.7. The molecule has 1 atom stereocenters. The van der Waals surface area contributed by atoms with Crippen LogP contribution in [0.4, 0.5) is 13.2 Å². The zero-order valence-electron chi connectivity index (χ0n) is 14.3. The maximum Gasteiger partial charge on any atom is 0.435 e. The molecule has 11 heteroatoms. The molecule has 0 aromatic carbocycles. The topological polar surface area (TPSA) is 81.8 Å². The molecule has 2 aromatic heterocycles. The summed E-state index contributed by atoms with van der Waals surface area (Å²) < 4.78 is 67.7. The second-order valence-electron chi connectivity index (χ2n) is 6.06. The normalized spacial score (nSPS) is 14.0. The van der Waals surface area contributed by atoms with Crippen LogP contribution in [0.1, 0.15) is 24.0 Å². The number of hydrogen-bond donors (Lipinski definition) is 1. The van der Waals surface area contributed by atoms with E-state index in [4.69, 9.17) is 0 Å². The highest BCUT2D eigenvalue weighted by Crippen LogP contribution is 2.28. The van der Waals surface area contributed by atoms with Crippen LogP contribution in [0.5, 0.6) is 0 Å². The third kappa shape index (κ3) is 4.60. The highest BCUT2D eigenvalue weighted by atomic mass is 32.2. The van der Waals surface area contributed by atoms with Crippen molar-refractivity contribution >= 4 is 10.0 Å². The first-order chi connectivity index (χ1) is 11.4. The number of alkyl halides is 3. The molecule has 1 unspecified atom stereocenters. The standard InChI is InChI=1S/C14H20F3N5O2S/c1-9(7-22-10(2)5-13(20-22)14(15,16)17)6-18-25(23,24)12-8-21(4)19-11(12)3/h5,8-9,18H,6-7H2,1-4H3. The lowest BCUT2D eigenvalue weighted by molar-refractivity contribution is -0.141. The van der Waals surface area contributed by atoms with Crippen molar-refractivity contribution in [2.24, 2.45) is 13.0 Å². The molecule has 25 heavy (non-hydrogen) atoms. The molecule has 0 aliphatic rings. The molecule has 0 amide bonds. The van der Waals surface area contributed by atoms with E-state index in [0.717, 1.165) is 6.07 Å². The van der Waals surface area contributed by atoms with Gasteiger partial charge >= 0.3 is 6.18 Å². The van der Waals surface area contributed by atoms with E-state index in [2.05, 4.69) is 14.9 Å². The highest BCUT2D eigenvalue weighted by Gasteiger charge is 2.34. The minimum absolute atomic E-state index is 0.0668. The van der Waals surface area contributed by atoms with Crippen LogP contribution < -0.4 is 4.72 Å². The monoisotopic (exact) mass is 379 g/mol. The number of halogens is 3. The van der Waals surface area contributed by atoms with Crippen molar-refractivity contribution in [3.05, 3.63) is 29.3 Å². The lowest BCUT2D eigenvalue weighted by atomic mass is 10.2. The molecular formula is C14H20F3N5O2S. The van der Waals surface area contributed by atoms with E-state index >= 15 is 0 Å². The Morgan fingerprint density at radius 1 is 1.28 bits per heavy atom. The minimum atomic E-state index is -4.50. The molecule has 0 bridgehead atoms. The van der Waals surface area contributed by atoms with Crippen molar-refractivity contribution in [2.45, 2.75) is 38.4 Å². The maximum atomic E-state index is 12.7. The van der Waals surface area contributed by atoms with Crippen molar-refractivity contribution in [1.82, 2.24) is 24.3 Å². The number of hydrogen-bond acceptors (Lipinski definition) is 4. The number of sulfonamides is 1. The second-order valence-corrected chi connectivity index (χ2v) is 7.80. The van der Waals surface area contributed by atoms with Gasteiger partial charge in [-0.15, -0.1) is 0 Å². The van der Waals surface area contributed by atoms with Crippen molar-refractivity contribution in [3.63, 3.8) is 0 Å². The summed E-state index contributed by atoms with van der Waals surface area (Å²) in [5.74, 6) is -0.258. The van der Waals surface area contributed by atoms with E-state index in [1.807, 2.05) is 0 Å². The van der Waals surface area contributed by atoms with E-state index in [-0.39, 0.29) is 23.9 Å². The molecule has 0 aliphatic heterocycles. The van der Waals surface area contributed by atoms with E-state index in [0.29, 0.717) is 11.4 Å². The van der Waals surface area contributed by atoms with Gasteiger partial charge in [-0.1, -0.05) is 6.92 Å². The Kier molecular flexibility index (Phi) is 5.28. The van der Waals surface area contributed by atoms with Gasteiger partial charge in [0, 0.05) is 32.0 Å². The zero-order chi connectivity index (χ0) is 19.0. The first kappa shape index (κ1) is 19.4. The Hall–Kier alpha value is -1.88. The quantitative estimate of drug-likeness (QED) is 0.831. The molecule has 0 spiro atoms. The van der Waals surface area contributed by atoms with Gasteiger partial charge < -0.3 is 0 Å². The smallest absolute Gasteiger partial charge is 0.274 e. The molecule has 0 saturated heterocycles. The van der Waals surface area contributed by atoms with Crippen LogP contribution in [0.2, 0.25) is 0 Å². The summed E-state index contributed by atoms with van der Waals surface area (Å²) in [5.41, 5.74) is -0.214. The Labute approximate surface area is 143 Å². The summed E-state index contributed by atoms with van der Waals surface area (Å²) in [6.07, 6.45) is -3.10. The van der Waals surface area contributed by atoms with Crippen LogP contribution in [0, 0.1) is 19.8 Å². The van der Waals surface area contributed by atoms with Crippen molar-refractivity contribution in [2.75, 3.05) is 6.54 Å². The molecule has 0 fully saturated rings. The third-order valence-corrected chi connectivity index (χ3v) is 5.16. The van der Waals surface area contributed by atoms with E-state index < -0.39 is 21.9 Å². The van der Waals surface area contributed by atoms with Gasteiger partial charge in [-0.25, -0.2) is 13.1 Å². The van der Waals surface area contributed by atoms with Gasteiger partial charge in [-0.3, -0.25) is 9.36 Å². The predicted octanol–water partition coefficient (Wildman–Crippen LogP) is 1.87. The van der Waals surface area contributed by atoms with Crippen LogP contribution in [0.15, 0.2) is 17.2 Å². The first-order valence-corrected chi connectivity index (χ1v) is 9.00. The van der Waals surface area contributed by atoms with E-state index in [1.54, 1.807) is 20.9 Å². The predicted molar refractivity (Wildman–Crippen MR) is 84.3 cm³/mol. The van der Waals surface area contributed by atoms with Gasteiger partial charge in [0.1, 0.15) is 4.90 Å². The van der Waals surface area contributed by atoms with Gasteiger partial charge in [0.25, 0.3) is 0 Å². The Morgan fingerprint density at radius 3 is 2.40 bits per heavy atom. The average molecular weight is 379 g/mol. The van der Waals surface area contributed by atoms with Crippen LogP contribution in [0.25, 0.3) is 0 Å². The molecule has 140 valence electrons. The van der Waals surface area contributed by atoms with Crippen LogP contribution in [-0.4, -0.2) is 34.5 Å². The van der Waals surface area contributed by atoms with Crippen LogP contribution >= 0.6 is 0 Å². The number of aromatic nitrogens is 4. The second kappa shape index (κ2) is 6.79. The number of nitrogens with one attached hydrogen (secondary N) is 1. The zero-order valence-corrected chi connectivity index (χ0v) is 15.1. The van der Waals surface area contributed by atoms with Gasteiger partial charge in [0.05, 0.1) is 5.69 Å². The van der Waals surface area contributed by atoms with Gasteiger partial charge in [-0.05, 0) is 25.8 Å². The van der Waals surface area contributed by atoms with Crippen molar-refractivity contribution < 1.29 is 21.6 Å². The van der Waals surface area contributed by atoms with Crippen molar-refractivity contribution in [1.29, 1.82) is 0 Å². The molecule has 2 rings (SSSR count). The summed E-state index contributed by atoms with van der Waals surface area (Å²) >= 11 is 0. The Balaban J connectivity index is 2.03. The summed E-state index contributed by atoms with van der Waals surface area (Å²) in [5, 5.41) is 7.53. The number of nitrogens with zero attached hydrogens (tertiary/aromatic N) is 4. The molecule has 0 saturated carbocycles. The highest BCUT2D eigenvalue weighted by molar-refractivity contribution is 7.89. The first-order valence-electron chi connectivity index (χ1n) is 7.51. The van der Waals surface area contributed by atoms with Gasteiger partial charge in [-0.2, -0.15) is 23.4 Å². The number of rotatable bonds is 6. The van der Waals surface area contributed by atoms with E-state index in [9.17, 15) is 21.6 Å². The fraction of sp³-hybridized carbons (Fsp3) is 0.571. The minimum Gasteiger partial charge on any atom is -0.274 e. The summed E-state index contributed by atoms with van der Waals surface area (Å²) in [4.78, 5) is 0.0804. The van der Waals surface area contributed by atoms with Crippen molar-refractivity contribution in [3.8, 4) is 0 Å². The fourth-order valence-corrected chi connectivity index (χ4v) is 3.75. The molecule has 0 radical (unpaired) electrons. The molecule has 2 aromatic rings. The summed E-state index contributed by atoms with van der Waals surface area (Å²) in [6, 6.07) is 0.968. The summed E-state index contributed by atoms with van der Waals surface area (Å²) in [7, 11) is -2.11. The Morgan fingerprint density at radius 2 is 1.92 bits per heavy atom. The van der Waals surface area contributed by atoms with Gasteiger partial charge in [0.2, 0.25) is 10.0 Å². The molecule has 1 N–H and O–H groups in total. The van der Waals surface area contributed by atoms with E-state index in [1.165, 1.54) is 22.5 Å². The molecular weight excluding hydrogens is 359 g/mol. The molecule has 2 heterocycles. The third-order valence-electron chi connectivity index (χ3n) is 3.64. The average Bonchev–Trinajstić information content (AvgIpc) is 3.00. The fourth-order valence-electron chi connectivity index (χ4n) is 2.36. The summed E-state index contributed by atoms with van der Waals surface area (Å²) in [6.45, 7) is 5.07. The SMILES string of the molecule is Cc1nn(C)cc1S(=O)(=O)NCC(C)Cn1nc(C(F)(F)F)cc1C. The number of aryl methyl sites for hydroxylation is 3. The van der Waals surface area contributed by atoms with Crippen LogP contribution in [0.3, 0.4) is 0 Å². The lowest BCUT2D eigenvalue weighted by Gasteiger charge is -2.14. The lowest BCUT2D eigenvalue weighted by Crippen LogP contribution is -2.30. The Bertz CT molecular complexity index is 854. The van der Waals surface area contributed by atoms with Crippen LogP contribution in [-0.2, 0) is 29.8 Å².